The first-order valence-corrected chi connectivity index (χ1v) is 6.01. The maximum Gasteiger partial charge on any atom is 0.312 e. The highest BCUT2D eigenvalue weighted by molar-refractivity contribution is 5.77. The van der Waals surface area contributed by atoms with Crippen molar-refractivity contribution >= 4 is 5.97 Å². The molecule has 20 heavy (non-hydrogen) atoms. The molecule has 0 aromatic heterocycles. The van der Waals surface area contributed by atoms with Crippen LogP contribution in [0, 0.1) is 11.6 Å². The first kappa shape index (κ1) is 14.1. The van der Waals surface area contributed by atoms with E-state index in [2.05, 4.69) is 0 Å². The lowest BCUT2D eigenvalue weighted by Gasteiger charge is -2.13. The van der Waals surface area contributed by atoms with Gasteiger partial charge >= 0.3 is 5.97 Å². The third-order valence-corrected chi connectivity index (χ3v) is 3.09. The van der Waals surface area contributed by atoms with Gasteiger partial charge < -0.3 is 10.8 Å². The zero-order valence-electron chi connectivity index (χ0n) is 10.5. The Bertz CT molecular complexity index is 644. The number of hydrogen-bond acceptors (Lipinski definition) is 2. The summed E-state index contributed by atoms with van der Waals surface area (Å²) in [7, 11) is 0. The number of benzene rings is 2. The average Bonchev–Trinajstić information content (AvgIpc) is 2.42. The third-order valence-electron chi connectivity index (χ3n) is 3.09. The van der Waals surface area contributed by atoms with E-state index >= 15 is 0 Å². The molecular weight excluding hydrogens is 264 g/mol. The summed E-state index contributed by atoms with van der Waals surface area (Å²) >= 11 is 0. The predicted molar refractivity (Wildman–Crippen MR) is 71.2 cm³/mol. The molecule has 0 fully saturated rings. The second-order valence-electron chi connectivity index (χ2n) is 4.35. The summed E-state index contributed by atoms with van der Waals surface area (Å²) in [5, 5.41) is 9.06. The van der Waals surface area contributed by atoms with Gasteiger partial charge in [-0.2, -0.15) is 0 Å². The van der Waals surface area contributed by atoms with Crippen LogP contribution in [0.2, 0.25) is 0 Å². The van der Waals surface area contributed by atoms with Gasteiger partial charge in [0.25, 0.3) is 0 Å². The second kappa shape index (κ2) is 5.79. The maximum absolute atomic E-state index is 13.9. The molecule has 0 aliphatic heterocycles. The van der Waals surface area contributed by atoms with Gasteiger partial charge in [-0.3, -0.25) is 4.79 Å². The summed E-state index contributed by atoms with van der Waals surface area (Å²) in [4.78, 5) is 11.1. The monoisotopic (exact) mass is 277 g/mol. The van der Waals surface area contributed by atoms with E-state index in [0.29, 0.717) is 5.56 Å². The summed E-state index contributed by atoms with van der Waals surface area (Å²) < 4.78 is 27.6. The SMILES string of the molecule is NCC(C(=O)O)c1ccc(F)c(-c2ccccc2F)c1. The van der Waals surface area contributed by atoms with E-state index in [1.807, 2.05) is 0 Å². The van der Waals surface area contributed by atoms with Crippen molar-refractivity contribution in [2.45, 2.75) is 5.92 Å². The molecule has 104 valence electrons. The summed E-state index contributed by atoms with van der Waals surface area (Å²) in [5.41, 5.74) is 5.88. The fourth-order valence-electron chi connectivity index (χ4n) is 2.03. The lowest BCUT2D eigenvalue weighted by atomic mass is 9.94. The van der Waals surface area contributed by atoms with Gasteiger partial charge in [0.1, 0.15) is 11.6 Å². The van der Waals surface area contributed by atoms with Crippen molar-refractivity contribution in [2.75, 3.05) is 6.54 Å². The lowest BCUT2D eigenvalue weighted by molar-refractivity contribution is -0.138. The van der Waals surface area contributed by atoms with Crippen LogP contribution in [0.1, 0.15) is 11.5 Å². The van der Waals surface area contributed by atoms with Crippen LogP contribution >= 0.6 is 0 Å². The third kappa shape index (κ3) is 2.67. The molecule has 0 heterocycles. The van der Waals surface area contributed by atoms with E-state index in [-0.39, 0.29) is 17.7 Å². The Morgan fingerprint density at radius 3 is 2.35 bits per heavy atom. The van der Waals surface area contributed by atoms with Gasteiger partial charge in [-0.1, -0.05) is 24.3 Å². The van der Waals surface area contributed by atoms with Crippen molar-refractivity contribution in [1.82, 2.24) is 0 Å². The van der Waals surface area contributed by atoms with Gasteiger partial charge in [0.2, 0.25) is 0 Å². The Morgan fingerprint density at radius 2 is 1.75 bits per heavy atom. The minimum absolute atomic E-state index is 0.0281. The molecule has 5 heteroatoms. The highest BCUT2D eigenvalue weighted by atomic mass is 19.1. The lowest BCUT2D eigenvalue weighted by Crippen LogP contribution is -2.21. The Labute approximate surface area is 114 Å². The van der Waals surface area contributed by atoms with Gasteiger partial charge in [0.15, 0.2) is 0 Å². The van der Waals surface area contributed by atoms with Crippen LogP contribution < -0.4 is 5.73 Å². The molecule has 0 amide bonds. The number of hydrogen-bond donors (Lipinski definition) is 2. The quantitative estimate of drug-likeness (QED) is 0.903. The summed E-state index contributed by atoms with van der Waals surface area (Å²) in [6.07, 6.45) is 0. The van der Waals surface area contributed by atoms with E-state index in [4.69, 9.17) is 10.8 Å². The Kier molecular flexibility index (Phi) is 4.10. The summed E-state index contributed by atoms with van der Waals surface area (Å²) in [6.45, 7) is -0.113. The first-order valence-electron chi connectivity index (χ1n) is 6.01. The predicted octanol–water partition coefficient (Wildman–Crippen LogP) is 2.76. The van der Waals surface area contributed by atoms with Crippen LogP contribution in [0.15, 0.2) is 42.5 Å². The number of halogens is 2. The molecule has 1 atom stereocenters. The molecule has 0 aliphatic carbocycles. The van der Waals surface area contributed by atoms with Crippen molar-refractivity contribution in [3.63, 3.8) is 0 Å². The van der Waals surface area contributed by atoms with Gasteiger partial charge in [-0.05, 0) is 23.8 Å². The fourth-order valence-corrected chi connectivity index (χ4v) is 2.03. The van der Waals surface area contributed by atoms with Crippen molar-refractivity contribution < 1.29 is 18.7 Å². The van der Waals surface area contributed by atoms with Crippen LogP contribution in [0.3, 0.4) is 0 Å². The number of aliphatic carboxylic acids is 1. The molecule has 2 rings (SSSR count). The maximum atomic E-state index is 13.9. The summed E-state index contributed by atoms with van der Waals surface area (Å²) in [6, 6.07) is 9.56. The van der Waals surface area contributed by atoms with Gasteiger partial charge in [0.05, 0.1) is 5.92 Å². The molecule has 2 aromatic rings. The summed E-state index contributed by atoms with van der Waals surface area (Å²) in [5.74, 6) is -3.22. The number of rotatable bonds is 4. The molecular formula is C15H13F2NO2. The van der Waals surface area contributed by atoms with Crippen molar-refractivity contribution in [3.05, 3.63) is 59.7 Å². The molecule has 0 bridgehead atoms. The Balaban J connectivity index is 2.55. The molecule has 0 radical (unpaired) electrons. The molecule has 0 saturated carbocycles. The first-order chi connectivity index (χ1) is 9.54. The van der Waals surface area contributed by atoms with E-state index in [9.17, 15) is 13.6 Å². The molecule has 0 aliphatic rings. The van der Waals surface area contributed by atoms with Crippen LogP contribution in [-0.2, 0) is 4.79 Å². The number of carbonyl (C=O) groups is 1. The van der Waals surface area contributed by atoms with Crippen molar-refractivity contribution in [1.29, 1.82) is 0 Å². The van der Waals surface area contributed by atoms with E-state index < -0.39 is 23.5 Å². The molecule has 0 spiro atoms. The van der Waals surface area contributed by atoms with Gasteiger partial charge in [-0.15, -0.1) is 0 Å². The highest BCUT2D eigenvalue weighted by Gasteiger charge is 2.20. The Morgan fingerprint density at radius 1 is 1.10 bits per heavy atom. The minimum atomic E-state index is -1.10. The molecule has 0 saturated heterocycles. The van der Waals surface area contributed by atoms with E-state index in [0.717, 1.165) is 6.07 Å². The minimum Gasteiger partial charge on any atom is -0.481 e. The van der Waals surface area contributed by atoms with Crippen LogP contribution in [-0.4, -0.2) is 17.6 Å². The standard InChI is InChI=1S/C15H13F2NO2/c16-13-4-2-1-3-10(13)11-7-9(5-6-14(11)17)12(8-18)15(19)20/h1-7,12H,8,18H2,(H,19,20). The van der Waals surface area contributed by atoms with Gasteiger partial charge in [0, 0.05) is 17.7 Å². The zero-order chi connectivity index (χ0) is 14.7. The number of carboxylic acids is 1. The van der Waals surface area contributed by atoms with E-state index in [1.165, 1.54) is 30.3 Å². The normalized spacial score (nSPS) is 12.2. The molecule has 3 N–H and O–H groups in total. The van der Waals surface area contributed by atoms with Crippen LogP contribution in [0.4, 0.5) is 8.78 Å². The van der Waals surface area contributed by atoms with Crippen LogP contribution in [0.25, 0.3) is 11.1 Å². The smallest absolute Gasteiger partial charge is 0.312 e. The fraction of sp³-hybridized carbons (Fsp3) is 0.133. The van der Waals surface area contributed by atoms with Crippen LogP contribution in [0.5, 0.6) is 0 Å². The van der Waals surface area contributed by atoms with E-state index in [1.54, 1.807) is 6.07 Å². The van der Waals surface area contributed by atoms with Gasteiger partial charge in [-0.25, -0.2) is 8.78 Å². The van der Waals surface area contributed by atoms with Crippen molar-refractivity contribution in [2.24, 2.45) is 5.73 Å². The number of nitrogens with two attached hydrogens (primary N) is 1. The Hall–Kier alpha value is -2.27. The molecule has 3 nitrogen and oxygen atoms in total. The topological polar surface area (TPSA) is 63.3 Å². The second-order valence-corrected chi connectivity index (χ2v) is 4.35. The van der Waals surface area contributed by atoms with Crippen molar-refractivity contribution in [3.8, 4) is 11.1 Å². The average molecular weight is 277 g/mol. The zero-order valence-corrected chi connectivity index (χ0v) is 10.5. The molecule has 2 aromatic carbocycles. The largest absolute Gasteiger partial charge is 0.481 e. The highest BCUT2D eigenvalue weighted by Crippen LogP contribution is 2.28. The number of carboxylic acid groups (broad SMARTS) is 1. The molecule has 1 unspecified atom stereocenters.